The van der Waals surface area contributed by atoms with E-state index in [0.717, 1.165) is 27.8 Å². The third-order valence-corrected chi connectivity index (χ3v) is 5.78. The Kier molecular flexibility index (Phi) is 5.71. The Bertz CT molecular complexity index is 1250. The summed E-state index contributed by atoms with van der Waals surface area (Å²) in [7, 11) is 1.33. The fourth-order valence-electron chi connectivity index (χ4n) is 3.19. The van der Waals surface area contributed by atoms with Gasteiger partial charge in [0.1, 0.15) is 11.5 Å². The van der Waals surface area contributed by atoms with Crippen LogP contribution in [0.2, 0.25) is 5.02 Å². The van der Waals surface area contributed by atoms with E-state index in [9.17, 15) is 14.4 Å². The van der Waals surface area contributed by atoms with Crippen LogP contribution < -0.4 is 4.90 Å². The van der Waals surface area contributed by atoms with Gasteiger partial charge >= 0.3 is 5.97 Å². The number of carbonyl (C=O) groups excluding carboxylic acids is 3. The smallest absolute Gasteiger partial charge is 0.337 e. The average Bonchev–Trinajstić information content (AvgIpc) is 3.31. The van der Waals surface area contributed by atoms with Gasteiger partial charge in [-0.05, 0) is 66.7 Å². The van der Waals surface area contributed by atoms with Gasteiger partial charge in [0.15, 0.2) is 0 Å². The molecule has 6 nitrogen and oxygen atoms in total. The summed E-state index contributed by atoms with van der Waals surface area (Å²) in [6, 6.07) is 15.2. The molecule has 1 saturated heterocycles. The molecule has 0 unspecified atom stereocenters. The predicted molar refractivity (Wildman–Crippen MR) is 120 cm³/mol. The highest BCUT2D eigenvalue weighted by Crippen LogP contribution is 2.37. The van der Waals surface area contributed by atoms with Gasteiger partial charge in [-0.15, -0.1) is 0 Å². The van der Waals surface area contributed by atoms with E-state index in [1.807, 2.05) is 6.92 Å². The van der Waals surface area contributed by atoms with E-state index in [1.165, 1.54) is 13.2 Å². The molecule has 1 fully saturated rings. The topological polar surface area (TPSA) is 76.8 Å². The lowest BCUT2D eigenvalue weighted by Crippen LogP contribution is -2.27. The monoisotopic (exact) mass is 453 g/mol. The lowest BCUT2D eigenvalue weighted by Gasteiger charge is -2.12. The van der Waals surface area contributed by atoms with Crippen molar-refractivity contribution in [3.8, 4) is 11.3 Å². The van der Waals surface area contributed by atoms with E-state index in [-0.39, 0.29) is 4.91 Å². The van der Waals surface area contributed by atoms with Crippen molar-refractivity contribution in [2.75, 3.05) is 12.0 Å². The summed E-state index contributed by atoms with van der Waals surface area (Å²) in [6.07, 6.45) is 1.54. The van der Waals surface area contributed by atoms with Crippen molar-refractivity contribution in [1.82, 2.24) is 0 Å². The maximum absolute atomic E-state index is 12.8. The molecule has 31 heavy (non-hydrogen) atoms. The Labute approximate surface area is 187 Å². The van der Waals surface area contributed by atoms with Crippen LogP contribution in [0.1, 0.15) is 21.7 Å². The van der Waals surface area contributed by atoms with Crippen molar-refractivity contribution < 1.29 is 23.5 Å². The van der Waals surface area contributed by atoms with Crippen molar-refractivity contribution in [3.05, 3.63) is 81.4 Å². The molecule has 0 aliphatic carbocycles. The third kappa shape index (κ3) is 4.15. The molecule has 8 heteroatoms. The SMILES string of the molecule is COC(=O)c1ccc(-c2ccc(/C=C3/SC(=O)N(c4cccc(Cl)c4)C3=O)o2)c(C)c1. The quantitative estimate of drug-likeness (QED) is 0.359. The number of nitrogens with zero attached hydrogens (tertiary/aromatic N) is 1. The van der Waals surface area contributed by atoms with Crippen molar-refractivity contribution in [2.45, 2.75) is 6.92 Å². The maximum Gasteiger partial charge on any atom is 0.337 e. The van der Waals surface area contributed by atoms with Gasteiger partial charge in [0.2, 0.25) is 0 Å². The molecule has 156 valence electrons. The summed E-state index contributed by atoms with van der Waals surface area (Å²) >= 11 is 6.82. The summed E-state index contributed by atoms with van der Waals surface area (Å²) < 4.78 is 10.6. The molecule has 0 saturated carbocycles. The van der Waals surface area contributed by atoms with Gasteiger partial charge in [-0.2, -0.15) is 0 Å². The number of amides is 2. The first kappa shape index (κ1) is 21.0. The molecule has 1 aromatic heterocycles. The van der Waals surface area contributed by atoms with E-state index >= 15 is 0 Å². The van der Waals surface area contributed by atoms with Gasteiger partial charge in [0.25, 0.3) is 11.1 Å². The first-order chi connectivity index (χ1) is 14.9. The van der Waals surface area contributed by atoms with E-state index in [4.69, 9.17) is 20.8 Å². The van der Waals surface area contributed by atoms with Gasteiger partial charge in [0, 0.05) is 16.7 Å². The molecule has 1 aliphatic rings. The molecule has 4 rings (SSSR count). The van der Waals surface area contributed by atoms with Crippen LogP contribution in [-0.4, -0.2) is 24.2 Å². The maximum atomic E-state index is 12.8. The van der Waals surface area contributed by atoms with E-state index < -0.39 is 17.1 Å². The van der Waals surface area contributed by atoms with Gasteiger partial charge in [-0.3, -0.25) is 9.59 Å². The summed E-state index contributed by atoms with van der Waals surface area (Å²) in [5.74, 6) is 0.163. The fourth-order valence-corrected chi connectivity index (χ4v) is 4.20. The zero-order valence-electron chi connectivity index (χ0n) is 16.5. The molecule has 0 bridgehead atoms. The van der Waals surface area contributed by atoms with Gasteiger partial charge in [-0.1, -0.05) is 23.7 Å². The van der Waals surface area contributed by atoms with Crippen LogP contribution in [0.4, 0.5) is 10.5 Å². The number of ether oxygens (including phenoxy) is 1. The summed E-state index contributed by atoms with van der Waals surface area (Å²) in [5, 5.41) is 0.0318. The minimum absolute atomic E-state index is 0.253. The number of anilines is 1. The molecular formula is C23H16ClNO5S. The number of esters is 1. The van der Waals surface area contributed by atoms with Crippen LogP contribution in [0, 0.1) is 6.92 Å². The number of benzene rings is 2. The number of hydrogen-bond acceptors (Lipinski definition) is 6. The van der Waals surface area contributed by atoms with Crippen molar-refractivity contribution in [1.29, 1.82) is 0 Å². The summed E-state index contributed by atoms with van der Waals surface area (Å²) in [4.78, 5) is 38.2. The highest BCUT2D eigenvalue weighted by atomic mass is 35.5. The molecule has 2 amide bonds. The highest BCUT2D eigenvalue weighted by molar-refractivity contribution is 8.19. The lowest BCUT2D eigenvalue weighted by molar-refractivity contribution is -0.113. The van der Waals surface area contributed by atoms with Crippen molar-refractivity contribution in [2.24, 2.45) is 0 Å². The number of carbonyl (C=O) groups is 3. The van der Waals surface area contributed by atoms with Crippen molar-refractivity contribution in [3.63, 3.8) is 0 Å². The average molecular weight is 454 g/mol. The standard InChI is InChI=1S/C23H16ClNO5S/c1-13-10-14(22(27)29-2)6-8-18(13)19-9-7-17(30-19)12-20-21(26)25(23(28)31-20)16-5-3-4-15(24)11-16/h3-12H,1-2H3/b20-12+. The Balaban J connectivity index is 1.60. The molecule has 2 heterocycles. The number of hydrogen-bond donors (Lipinski definition) is 0. The van der Waals surface area contributed by atoms with E-state index in [0.29, 0.717) is 27.8 Å². The van der Waals surface area contributed by atoms with Gasteiger partial charge < -0.3 is 9.15 Å². The molecular weight excluding hydrogens is 438 g/mol. The number of halogens is 1. The minimum Gasteiger partial charge on any atom is -0.465 e. The zero-order chi connectivity index (χ0) is 22.1. The molecule has 1 aliphatic heterocycles. The normalized spacial score (nSPS) is 15.1. The van der Waals surface area contributed by atoms with Crippen LogP contribution in [0.15, 0.2) is 63.9 Å². The highest BCUT2D eigenvalue weighted by Gasteiger charge is 2.36. The largest absolute Gasteiger partial charge is 0.465 e. The second-order valence-electron chi connectivity index (χ2n) is 6.72. The second kappa shape index (κ2) is 8.45. The molecule has 0 atom stereocenters. The first-order valence-corrected chi connectivity index (χ1v) is 10.4. The van der Waals surface area contributed by atoms with Crippen LogP contribution in [0.3, 0.4) is 0 Å². The number of rotatable bonds is 4. The minimum atomic E-state index is -0.436. The number of furan rings is 1. The Hall–Kier alpha value is -3.29. The lowest BCUT2D eigenvalue weighted by atomic mass is 10.0. The zero-order valence-corrected chi connectivity index (χ0v) is 18.1. The molecule has 2 aromatic carbocycles. The van der Waals surface area contributed by atoms with E-state index in [2.05, 4.69) is 0 Å². The van der Waals surface area contributed by atoms with Crippen LogP contribution in [0.25, 0.3) is 17.4 Å². The molecule has 0 N–H and O–H groups in total. The Morgan fingerprint density at radius 3 is 2.65 bits per heavy atom. The summed E-state index contributed by atoms with van der Waals surface area (Å²) in [6.45, 7) is 1.86. The van der Waals surface area contributed by atoms with E-state index in [1.54, 1.807) is 54.6 Å². The van der Waals surface area contributed by atoms with Crippen LogP contribution >= 0.6 is 23.4 Å². The number of thioether (sulfide) groups is 1. The van der Waals surface area contributed by atoms with Gasteiger partial charge in [0.05, 0.1) is 23.3 Å². The first-order valence-electron chi connectivity index (χ1n) is 9.20. The molecule has 0 radical (unpaired) electrons. The second-order valence-corrected chi connectivity index (χ2v) is 8.15. The summed E-state index contributed by atoms with van der Waals surface area (Å²) in [5.41, 5.74) is 2.51. The van der Waals surface area contributed by atoms with Crippen LogP contribution in [-0.2, 0) is 9.53 Å². The molecule has 0 spiro atoms. The predicted octanol–water partition coefficient (Wildman–Crippen LogP) is 5.94. The van der Waals surface area contributed by atoms with Crippen LogP contribution in [0.5, 0.6) is 0 Å². The molecule has 3 aromatic rings. The number of aryl methyl sites for hydroxylation is 1. The fraction of sp³-hybridized carbons (Fsp3) is 0.0870. The van der Waals surface area contributed by atoms with Crippen molar-refractivity contribution >= 4 is 52.2 Å². The third-order valence-electron chi connectivity index (χ3n) is 4.67. The van der Waals surface area contributed by atoms with Gasteiger partial charge in [-0.25, -0.2) is 9.69 Å². The number of imide groups is 1. The Morgan fingerprint density at radius 1 is 1.13 bits per heavy atom. The Morgan fingerprint density at radius 2 is 1.94 bits per heavy atom. The number of methoxy groups -OCH3 is 1.